The van der Waals surface area contributed by atoms with Gasteiger partial charge in [-0.05, 0) is 50.5 Å². The number of piperidine rings is 1. The third-order valence-electron chi connectivity index (χ3n) is 7.25. The lowest BCUT2D eigenvalue weighted by Crippen LogP contribution is -2.49. The van der Waals surface area contributed by atoms with E-state index in [1.807, 2.05) is 30.0 Å². The quantitative estimate of drug-likeness (QED) is 0.251. The zero-order valence-electron chi connectivity index (χ0n) is 21.4. The Labute approximate surface area is 224 Å². The van der Waals surface area contributed by atoms with Crippen molar-refractivity contribution in [2.24, 2.45) is 0 Å². The number of anilines is 1. The van der Waals surface area contributed by atoms with Crippen molar-refractivity contribution in [3.8, 4) is 11.5 Å². The number of carbonyl (C=O) groups is 2. The Morgan fingerprint density at radius 1 is 1.13 bits per heavy atom. The van der Waals surface area contributed by atoms with E-state index in [0.717, 1.165) is 19.3 Å². The van der Waals surface area contributed by atoms with Crippen LogP contribution in [0.1, 0.15) is 42.1 Å². The zero-order chi connectivity index (χ0) is 26.9. The Morgan fingerprint density at radius 3 is 2.72 bits per heavy atom. The Balaban J connectivity index is 1.22. The van der Waals surface area contributed by atoms with Gasteiger partial charge in [-0.1, -0.05) is 18.2 Å². The molecule has 10 heteroatoms. The summed E-state index contributed by atoms with van der Waals surface area (Å²) in [6.45, 7) is 3.04. The summed E-state index contributed by atoms with van der Waals surface area (Å²) < 4.78 is 26.2. The van der Waals surface area contributed by atoms with Crippen LogP contribution < -0.4 is 10.1 Å². The summed E-state index contributed by atoms with van der Waals surface area (Å²) in [6, 6.07) is 13.2. The minimum Gasteiger partial charge on any atom is -0.457 e. The number of ketones is 1. The van der Waals surface area contributed by atoms with E-state index in [9.17, 15) is 9.59 Å². The molecule has 0 bridgehead atoms. The van der Waals surface area contributed by atoms with Gasteiger partial charge in [0.25, 0.3) is 5.91 Å². The van der Waals surface area contributed by atoms with E-state index >= 15 is 4.39 Å². The highest BCUT2D eigenvalue weighted by atomic mass is 19.1. The maximum absolute atomic E-state index is 15.1. The van der Waals surface area contributed by atoms with Crippen molar-refractivity contribution in [3.05, 3.63) is 78.0 Å². The Hall–Kier alpha value is -4.31. The normalized spacial score (nSPS) is 20.6. The van der Waals surface area contributed by atoms with Crippen molar-refractivity contribution in [3.63, 3.8) is 0 Å². The summed E-state index contributed by atoms with van der Waals surface area (Å²) in [6.07, 6.45) is 5.35. The molecule has 4 aromatic rings. The monoisotopic (exact) mass is 529 g/mol. The molecule has 0 aliphatic carbocycles. The fourth-order valence-electron chi connectivity index (χ4n) is 5.11. The van der Waals surface area contributed by atoms with Gasteiger partial charge in [0, 0.05) is 31.4 Å². The van der Waals surface area contributed by atoms with Gasteiger partial charge < -0.3 is 24.7 Å². The van der Waals surface area contributed by atoms with Crippen molar-refractivity contribution < 1.29 is 23.5 Å². The number of benzene rings is 2. The number of likely N-dealkylation sites (tertiary alicyclic amines) is 1. The van der Waals surface area contributed by atoms with Gasteiger partial charge in [-0.3, -0.25) is 9.59 Å². The minimum atomic E-state index is -0.693. The number of para-hydroxylation sites is 1. The average Bonchev–Trinajstić information content (AvgIpc) is 3.52. The molecule has 39 heavy (non-hydrogen) atoms. The number of amides is 1. The van der Waals surface area contributed by atoms with Gasteiger partial charge in [-0.25, -0.2) is 14.4 Å². The third-order valence-corrected chi connectivity index (χ3v) is 7.25. The maximum Gasteiger partial charge on any atom is 0.254 e. The van der Waals surface area contributed by atoms with Crippen molar-refractivity contribution in [2.45, 2.75) is 44.4 Å². The number of rotatable bonds is 8. The molecule has 2 aromatic heterocycles. The molecule has 3 unspecified atom stereocenters. The van der Waals surface area contributed by atoms with E-state index in [4.69, 9.17) is 9.47 Å². The highest BCUT2D eigenvalue weighted by molar-refractivity contribution is 6.18. The van der Waals surface area contributed by atoms with Crippen molar-refractivity contribution >= 4 is 28.5 Å². The van der Waals surface area contributed by atoms with Gasteiger partial charge >= 0.3 is 0 Å². The van der Waals surface area contributed by atoms with Gasteiger partial charge in [0.1, 0.15) is 35.1 Å². The molecular formula is C29H28FN5O4. The smallest absolute Gasteiger partial charge is 0.254 e. The molecule has 200 valence electrons. The van der Waals surface area contributed by atoms with Crippen LogP contribution in [0.3, 0.4) is 0 Å². The minimum absolute atomic E-state index is 0.0227. The van der Waals surface area contributed by atoms with Crippen molar-refractivity contribution in [1.29, 1.82) is 0 Å². The van der Waals surface area contributed by atoms with Crippen LogP contribution in [-0.4, -0.2) is 62.9 Å². The Kier molecular flexibility index (Phi) is 6.70. The molecule has 9 nitrogen and oxygen atoms in total. The number of ether oxygens (including phenoxy) is 2. The van der Waals surface area contributed by atoms with Crippen LogP contribution in [0, 0.1) is 5.82 Å². The lowest BCUT2D eigenvalue weighted by molar-refractivity contribution is -0.135. The summed E-state index contributed by atoms with van der Waals surface area (Å²) >= 11 is 0. The molecule has 2 saturated heterocycles. The van der Waals surface area contributed by atoms with Crippen LogP contribution in [0.25, 0.3) is 11.0 Å². The first-order valence-electron chi connectivity index (χ1n) is 13.1. The number of epoxide rings is 1. The van der Waals surface area contributed by atoms with Crippen LogP contribution in [0.5, 0.6) is 11.5 Å². The lowest BCUT2D eigenvalue weighted by atomic mass is 10.0. The van der Waals surface area contributed by atoms with E-state index in [1.54, 1.807) is 18.2 Å². The van der Waals surface area contributed by atoms with Crippen LogP contribution in [0.4, 0.5) is 10.2 Å². The molecular weight excluding hydrogens is 501 g/mol. The molecule has 0 radical (unpaired) electrons. The van der Waals surface area contributed by atoms with E-state index in [2.05, 4.69) is 20.3 Å². The molecule has 6 rings (SSSR count). The number of nitrogens with one attached hydrogen (secondary N) is 2. The summed E-state index contributed by atoms with van der Waals surface area (Å²) in [4.78, 5) is 39.9. The topological polar surface area (TPSA) is 113 Å². The SMILES string of the molecule is CC1OC1C(=O)N1CCCCC1CNc1ncnc2[nH]cc(C(=O)c3ccc(Oc4ccccc4)cc3F)c12. The summed E-state index contributed by atoms with van der Waals surface area (Å²) in [5, 5.41) is 3.80. The molecule has 2 aliphatic rings. The van der Waals surface area contributed by atoms with Crippen LogP contribution in [-0.2, 0) is 9.53 Å². The fourth-order valence-corrected chi connectivity index (χ4v) is 5.11. The van der Waals surface area contributed by atoms with Crippen LogP contribution in [0.15, 0.2) is 61.1 Å². The van der Waals surface area contributed by atoms with Gasteiger partial charge in [-0.15, -0.1) is 0 Å². The molecule has 4 heterocycles. The number of carbonyl (C=O) groups excluding carboxylic acids is 2. The maximum atomic E-state index is 15.1. The summed E-state index contributed by atoms with van der Waals surface area (Å²) in [7, 11) is 0. The number of halogens is 1. The largest absolute Gasteiger partial charge is 0.457 e. The van der Waals surface area contributed by atoms with Gasteiger partial charge in [-0.2, -0.15) is 0 Å². The predicted octanol–water partition coefficient (Wildman–Crippen LogP) is 4.70. The molecule has 2 fully saturated rings. The highest BCUT2D eigenvalue weighted by Gasteiger charge is 2.45. The third kappa shape index (κ3) is 5.07. The number of aromatic nitrogens is 3. The van der Waals surface area contributed by atoms with Crippen molar-refractivity contribution in [2.75, 3.05) is 18.4 Å². The number of aromatic amines is 1. The molecule has 2 aromatic carbocycles. The molecule has 2 N–H and O–H groups in total. The predicted molar refractivity (Wildman–Crippen MR) is 142 cm³/mol. The standard InChI is InChI=1S/C29H28FN5O4/c1-17-26(38-17)29(37)35-12-6-5-7-18(35)14-31-27-24-22(15-32-28(24)34-16-33-27)25(36)21-11-10-20(13-23(21)30)39-19-8-3-2-4-9-19/h2-4,8-11,13,15-18,26H,5-7,12,14H2,1H3,(H2,31,32,33,34). The number of H-pyrrole nitrogens is 1. The summed E-state index contributed by atoms with van der Waals surface area (Å²) in [5.74, 6) is 0.132. The first kappa shape index (κ1) is 25.0. The number of nitrogens with zero attached hydrogens (tertiary/aromatic N) is 3. The lowest BCUT2D eigenvalue weighted by Gasteiger charge is -2.35. The van der Waals surface area contributed by atoms with Crippen LogP contribution in [0.2, 0.25) is 0 Å². The molecule has 2 aliphatic heterocycles. The molecule has 1 amide bonds. The second-order valence-electron chi connectivity index (χ2n) is 9.86. The van der Waals surface area contributed by atoms with Gasteiger partial charge in [0.05, 0.1) is 22.6 Å². The van der Waals surface area contributed by atoms with Gasteiger partial charge in [0.15, 0.2) is 11.9 Å². The van der Waals surface area contributed by atoms with Crippen LogP contribution >= 0.6 is 0 Å². The second kappa shape index (κ2) is 10.5. The van der Waals surface area contributed by atoms with E-state index in [-0.39, 0.29) is 41.0 Å². The first-order chi connectivity index (χ1) is 19.0. The van der Waals surface area contributed by atoms with E-state index in [1.165, 1.54) is 24.7 Å². The zero-order valence-corrected chi connectivity index (χ0v) is 21.4. The molecule has 0 spiro atoms. The fraction of sp³-hybridized carbons (Fsp3) is 0.310. The second-order valence-corrected chi connectivity index (χ2v) is 9.86. The number of fused-ring (bicyclic) bond motifs is 1. The average molecular weight is 530 g/mol. The highest BCUT2D eigenvalue weighted by Crippen LogP contribution is 2.30. The van der Waals surface area contributed by atoms with E-state index in [0.29, 0.717) is 35.7 Å². The number of hydrogen-bond donors (Lipinski definition) is 2. The van der Waals surface area contributed by atoms with Gasteiger partial charge in [0.2, 0.25) is 0 Å². The Bertz CT molecular complexity index is 1520. The van der Waals surface area contributed by atoms with Crippen molar-refractivity contribution in [1.82, 2.24) is 19.9 Å². The number of hydrogen-bond acceptors (Lipinski definition) is 7. The van der Waals surface area contributed by atoms with E-state index < -0.39 is 11.6 Å². The summed E-state index contributed by atoms with van der Waals surface area (Å²) in [5.41, 5.74) is 0.617. The molecule has 0 saturated carbocycles. The Morgan fingerprint density at radius 2 is 1.95 bits per heavy atom. The first-order valence-corrected chi connectivity index (χ1v) is 13.1. The molecule has 3 atom stereocenters.